The van der Waals surface area contributed by atoms with Crippen molar-refractivity contribution in [3.05, 3.63) is 59.2 Å². The van der Waals surface area contributed by atoms with Crippen LogP contribution in [-0.4, -0.2) is 70.5 Å². The van der Waals surface area contributed by atoms with Gasteiger partial charge in [-0.3, -0.25) is 14.9 Å². The molecule has 2 aromatic carbocycles. The molecule has 0 unspecified atom stereocenters. The van der Waals surface area contributed by atoms with Gasteiger partial charge in [-0.2, -0.15) is 4.31 Å². The van der Waals surface area contributed by atoms with Gasteiger partial charge in [0.1, 0.15) is 5.75 Å². The van der Waals surface area contributed by atoms with E-state index in [1.807, 2.05) is 0 Å². The van der Waals surface area contributed by atoms with E-state index in [2.05, 4.69) is 5.32 Å². The maximum atomic E-state index is 12.8. The minimum absolute atomic E-state index is 0.0126. The zero-order valence-electron chi connectivity index (χ0n) is 18.2. The first-order valence-corrected chi connectivity index (χ1v) is 11.5. The molecule has 1 N–H and O–H groups in total. The van der Waals surface area contributed by atoms with Crippen LogP contribution in [0, 0.1) is 6.92 Å². The fraction of sp³-hybridized carbons (Fsp3) is 0.318. The third kappa shape index (κ3) is 5.95. The van der Waals surface area contributed by atoms with Crippen molar-refractivity contribution in [2.45, 2.75) is 11.8 Å². The summed E-state index contributed by atoms with van der Waals surface area (Å²) in [4.78, 5) is 36.7. The lowest BCUT2D eigenvalue weighted by Crippen LogP contribution is -2.40. The second-order valence-corrected chi connectivity index (χ2v) is 9.11. The number of esters is 1. The van der Waals surface area contributed by atoms with Crippen molar-refractivity contribution >= 4 is 27.8 Å². The molecule has 3 rings (SSSR count). The molecule has 0 spiro atoms. The first-order chi connectivity index (χ1) is 15.7. The SMILES string of the molecule is COc1ccc(C(=O)NC(=O)COC(=O)c2cc(S(=O)(=O)N3CCOCC3)ccc2C)cc1. The molecule has 0 saturated carbocycles. The van der Waals surface area contributed by atoms with Gasteiger partial charge >= 0.3 is 5.97 Å². The van der Waals surface area contributed by atoms with Crippen molar-refractivity contribution in [1.82, 2.24) is 9.62 Å². The third-order valence-electron chi connectivity index (χ3n) is 4.98. The van der Waals surface area contributed by atoms with Crippen molar-refractivity contribution in [2.75, 3.05) is 40.0 Å². The number of imide groups is 1. The van der Waals surface area contributed by atoms with Crippen LogP contribution in [0.15, 0.2) is 47.4 Å². The topological polar surface area (TPSA) is 128 Å². The van der Waals surface area contributed by atoms with Gasteiger partial charge in [-0.1, -0.05) is 6.07 Å². The zero-order valence-corrected chi connectivity index (χ0v) is 19.0. The van der Waals surface area contributed by atoms with Crippen molar-refractivity contribution < 1.29 is 37.0 Å². The molecule has 2 amide bonds. The second kappa shape index (κ2) is 10.6. The van der Waals surface area contributed by atoms with Gasteiger partial charge in [0.15, 0.2) is 6.61 Å². The number of benzene rings is 2. The number of hydrogen-bond donors (Lipinski definition) is 1. The number of morpholine rings is 1. The normalized spacial score (nSPS) is 14.4. The van der Waals surface area contributed by atoms with Gasteiger partial charge in [-0.05, 0) is 48.9 Å². The fourth-order valence-corrected chi connectivity index (χ4v) is 4.54. The van der Waals surface area contributed by atoms with Crippen LogP contribution < -0.4 is 10.1 Å². The molecule has 0 bridgehead atoms. The highest BCUT2D eigenvalue weighted by Crippen LogP contribution is 2.21. The first-order valence-electron chi connectivity index (χ1n) is 10.1. The summed E-state index contributed by atoms with van der Waals surface area (Å²) in [6.45, 7) is 1.95. The van der Waals surface area contributed by atoms with E-state index in [0.29, 0.717) is 24.5 Å². The van der Waals surface area contributed by atoms with E-state index in [1.165, 1.54) is 41.7 Å². The Balaban J connectivity index is 1.63. The van der Waals surface area contributed by atoms with Gasteiger partial charge < -0.3 is 14.2 Å². The average Bonchev–Trinajstić information content (AvgIpc) is 2.83. The molecule has 0 aliphatic carbocycles. The fourth-order valence-electron chi connectivity index (χ4n) is 3.10. The Morgan fingerprint density at radius 1 is 1.06 bits per heavy atom. The van der Waals surface area contributed by atoms with Gasteiger partial charge in [0, 0.05) is 18.7 Å². The highest BCUT2D eigenvalue weighted by Gasteiger charge is 2.27. The van der Waals surface area contributed by atoms with Crippen LogP contribution >= 0.6 is 0 Å². The number of sulfonamides is 1. The van der Waals surface area contributed by atoms with Gasteiger partial charge in [0.2, 0.25) is 10.0 Å². The number of rotatable bonds is 7. The highest BCUT2D eigenvalue weighted by molar-refractivity contribution is 7.89. The molecule has 11 heteroatoms. The van der Waals surface area contributed by atoms with Crippen LogP contribution in [-0.2, 0) is 24.3 Å². The van der Waals surface area contributed by atoms with Crippen molar-refractivity contribution in [2.24, 2.45) is 0 Å². The molecule has 1 saturated heterocycles. The van der Waals surface area contributed by atoms with Gasteiger partial charge in [0.25, 0.3) is 11.8 Å². The molecule has 1 heterocycles. The molecule has 2 aromatic rings. The second-order valence-electron chi connectivity index (χ2n) is 7.18. The zero-order chi connectivity index (χ0) is 24.0. The van der Waals surface area contributed by atoms with Crippen LogP contribution in [0.3, 0.4) is 0 Å². The minimum Gasteiger partial charge on any atom is -0.497 e. The summed E-state index contributed by atoms with van der Waals surface area (Å²) in [5.41, 5.74) is 0.724. The Morgan fingerprint density at radius 2 is 1.73 bits per heavy atom. The van der Waals surface area contributed by atoms with E-state index in [-0.39, 0.29) is 29.1 Å². The average molecular weight is 477 g/mol. The summed E-state index contributed by atoms with van der Waals surface area (Å²) in [6, 6.07) is 10.2. The van der Waals surface area contributed by atoms with E-state index < -0.39 is 34.4 Å². The van der Waals surface area contributed by atoms with Crippen LogP contribution in [0.5, 0.6) is 5.75 Å². The molecule has 1 aliphatic heterocycles. The van der Waals surface area contributed by atoms with Crippen molar-refractivity contribution in [1.29, 1.82) is 0 Å². The maximum Gasteiger partial charge on any atom is 0.338 e. The maximum absolute atomic E-state index is 12.8. The molecule has 10 nitrogen and oxygen atoms in total. The number of ether oxygens (including phenoxy) is 3. The number of amides is 2. The highest BCUT2D eigenvalue weighted by atomic mass is 32.2. The van der Waals surface area contributed by atoms with Gasteiger partial charge in [-0.15, -0.1) is 0 Å². The Hall–Kier alpha value is -3.28. The summed E-state index contributed by atoms with van der Waals surface area (Å²) in [5.74, 6) is -1.80. The Bertz CT molecular complexity index is 1140. The summed E-state index contributed by atoms with van der Waals surface area (Å²) < 4.78 is 42.2. The largest absolute Gasteiger partial charge is 0.497 e. The Morgan fingerprint density at radius 3 is 2.36 bits per heavy atom. The van der Waals surface area contributed by atoms with Gasteiger partial charge in [0.05, 0.1) is 30.8 Å². The molecule has 1 fully saturated rings. The first kappa shape index (κ1) is 24.4. The van der Waals surface area contributed by atoms with E-state index in [1.54, 1.807) is 19.1 Å². The lowest BCUT2D eigenvalue weighted by Gasteiger charge is -2.26. The summed E-state index contributed by atoms with van der Waals surface area (Å²) in [6.07, 6.45) is 0. The molecule has 33 heavy (non-hydrogen) atoms. The Labute approximate surface area is 191 Å². The van der Waals surface area contributed by atoms with Crippen LogP contribution in [0.4, 0.5) is 0 Å². The molecule has 0 atom stereocenters. The van der Waals surface area contributed by atoms with Crippen LogP contribution in [0.2, 0.25) is 0 Å². The van der Waals surface area contributed by atoms with Gasteiger partial charge in [-0.25, -0.2) is 13.2 Å². The van der Waals surface area contributed by atoms with Crippen LogP contribution in [0.1, 0.15) is 26.3 Å². The number of nitrogens with one attached hydrogen (secondary N) is 1. The third-order valence-corrected chi connectivity index (χ3v) is 6.87. The standard InChI is InChI=1S/C22H24N2O8S/c1-15-3-8-18(33(28,29)24-9-11-31-12-10-24)13-19(15)22(27)32-14-20(25)23-21(26)16-4-6-17(30-2)7-5-16/h3-8,13H,9-12,14H2,1-2H3,(H,23,25,26). The van der Waals surface area contributed by atoms with E-state index >= 15 is 0 Å². The molecule has 0 aromatic heterocycles. The van der Waals surface area contributed by atoms with E-state index in [4.69, 9.17) is 14.2 Å². The van der Waals surface area contributed by atoms with Crippen molar-refractivity contribution in [3.8, 4) is 5.75 Å². The number of methoxy groups -OCH3 is 1. The quantitative estimate of drug-likeness (QED) is 0.589. The summed E-state index contributed by atoms with van der Waals surface area (Å²) in [5, 5.41) is 2.12. The predicted molar refractivity (Wildman–Crippen MR) is 117 cm³/mol. The Kier molecular flexibility index (Phi) is 7.79. The lowest BCUT2D eigenvalue weighted by molar-refractivity contribution is -0.123. The molecular formula is C22H24N2O8S. The lowest BCUT2D eigenvalue weighted by atomic mass is 10.1. The summed E-state index contributed by atoms with van der Waals surface area (Å²) in [7, 11) is -2.32. The van der Waals surface area contributed by atoms with E-state index in [0.717, 1.165) is 0 Å². The summed E-state index contributed by atoms with van der Waals surface area (Å²) >= 11 is 0. The number of nitrogens with zero attached hydrogens (tertiary/aromatic N) is 1. The monoisotopic (exact) mass is 476 g/mol. The number of hydrogen-bond acceptors (Lipinski definition) is 8. The molecule has 176 valence electrons. The smallest absolute Gasteiger partial charge is 0.338 e. The predicted octanol–water partition coefficient (Wildman–Crippen LogP) is 1.14. The van der Waals surface area contributed by atoms with E-state index in [9.17, 15) is 22.8 Å². The number of aryl methyl sites for hydroxylation is 1. The minimum atomic E-state index is -3.81. The van der Waals surface area contributed by atoms with Crippen molar-refractivity contribution in [3.63, 3.8) is 0 Å². The molecule has 0 radical (unpaired) electrons. The molecular weight excluding hydrogens is 452 g/mol. The number of carbonyl (C=O) groups excluding carboxylic acids is 3. The number of carbonyl (C=O) groups is 3. The van der Waals surface area contributed by atoms with Crippen LogP contribution in [0.25, 0.3) is 0 Å². The molecule has 1 aliphatic rings.